The number of carboxylic acids is 1. The summed E-state index contributed by atoms with van der Waals surface area (Å²) in [5, 5.41) is 11.0. The molecule has 0 saturated heterocycles. The summed E-state index contributed by atoms with van der Waals surface area (Å²) in [5.41, 5.74) is 0. The summed E-state index contributed by atoms with van der Waals surface area (Å²) in [5.74, 6) is -2.30. The molecule has 0 radical (unpaired) electrons. The molecule has 2 N–H and O–H groups in total. The Hall–Kier alpha value is -1.76. The summed E-state index contributed by atoms with van der Waals surface area (Å²) < 4.78 is 3.74. The second kappa shape index (κ2) is 5.72. The second-order valence-corrected chi connectivity index (χ2v) is 5.56. The summed E-state index contributed by atoms with van der Waals surface area (Å²) in [4.78, 5) is 33.7. The molecule has 0 aliphatic heterocycles. The maximum atomic E-state index is 11.4. The molecule has 0 unspecified atom stereocenters. The van der Waals surface area contributed by atoms with Crippen molar-refractivity contribution in [3.63, 3.8) is 0 Å². The number of thioether (sulfide) groups is 1. The van der Waals surface area contributed by atoms with Crippen molar-refractivity contribution in [1.29, 1.82) is 0 Å². The van der Waals surface area contributed by atoms with Crippen LogP contribution in [0.4, 0.5) is 0 Å². The van der Waals surface area contributed by atoms with Gasteiger partial charge in [0.25, 0.3) is 5.91 Å². The monoisotopic (exact) mass is 271 g/mol. The average Bonchev–Trinajstić information content (AvgIpc) is 2.79. The topological polar surface area (TPSA) is 96.6 Å². The van der Waals surface area contributed by atoms with Crippen LogP contribution in [0.3, 0.4) is 0 Å². The molecule has 0 fully saturated rings. The molecule has 1 aromatic rings. The van der Waals surface area contributed by atoms with Crippen LogP contribution in [0.2, 0.25) is 0 Å². The molecule has 0 bridgehead atoms. The molecular weight excluding hydrogens is 258 g/mol. The summed E-state index contributed by atoms with van der Waals surface area (Å²) in [7, 11) is 0. The maximum absolute atomic E-state index is 11.4. The van der Waals surface area contributed by atoms with Crippen molar-refractivity contribution in [3.05, 3.63) is 24.2 Å². The van der Waals surface area contributed by atoms with Crippen LogP contribution < -0.4 is 5.32 Å². The number of hydrogen-bond acceptors (Lipinski definition) is 5. The van der Waals surface area contributed by atoms with Crippen LogP contribution in [0.1, 0.15) is 24.4 Å². The van der Waals surface area contributed by atoms with Gasteiger partial charge in [-0.25, -0.2) is 0 Å². The largest absolute Gasteiger partial charge is 0.480 e. The first kappa shape index (κ1) is 14.3. The lowest BCUT2D eigenvalue weighted by molar-refractivity contribution is -0.138. The molecule has 98 valence electrons. The van der Waals surface area contributed by atoms with Crippen molar-refractivity contribution < 1.29 is 23.9 Å². The standard InChI is InChI=1S/C11H13NO5S/c1-11(2,10(15)16)18-6-8(13)12-9(14)7-4-3-5-17-7/h3-5H,6H2,1-2H3,(H,15,16)(H,12,13,14). The first-order valence-electron chi connectivity index (χ1n) is 5.08. The van der Waals surface area contributed by atoms with Gasteiger partial charge < -0.3 is 9.52 Å². The number of nitrogens with one attached hydrogen (secondary N) is 1. The fourth-order valence-electron chi connectivity index (χ4n) is 0.940. The lowest BCUT2D eigenvalue weighted by Crippen LogP contribution is -2.35. The fourth-order valence-corrected chi connectivity index (χ4v) is 1.63. The van der Waals surface area contributed by atoms with Gasteiger partial charge in [0.05, 0.1) is 12.0 Å². The van der Waals surface area contributed by atoms with Gasteiger partial charge in [-0.2, -0.15) is 0 Å². The minimum Gasteiger partial charge on any atom is -0.480 e. The van der Waals surface area contributed by atoms with Crippen LogP contribution in [-0.2, 0) is 9.59 Å². The zero-order valence-corrected chi connectivity index (χ0v) is 10.7. The first-order chi connectivity index (χ1) is 8.33. The number of carboxylic acid groups (broad SMARTS) is 1. The van der Waals surface area contributed by atoms with Crippen molar-refractivity contribution in [1.82, 2.24) is 5.32 Å². The Morgan fingerprint density at radius 2 is 2.11 bits per heavy atom. The average molecular weight is 271 g/mol. The molecule has 0 saturated carbocycles. The highest BCUT2D eigenvalue weighted by molar-refractivity contribution is 8.01. The van der Waals surface area contributed by atoms with E-state index in [1.165, 1.54) is 32.2 Å². The lowest BCUT2D eigenvalue weighted by Gasteiger charge is -2.17. The van der Waals surface area contributed by atoms with E-state index in [4.69, 9.17) is 9.52 Å². The Kier molecular flexibility index (Phi) is 4.55. The quantitative estimate of drug-likeness (QED) is 0.833. The molecule has 18 heavy (non-hydrogen) atoms. The Balaban J connectivity index is 2.44. The van der Waals surface area contributed by atoms with Crippen LogP contribution in [0, 0.1) is 0 Å². The number of imide groups is 1. The van der Waals surface area contributed by atoms with E-state index >= 15 is 0 Å². The smallest absolute Gasteiger partial charge is 0.319 e. The summed E-state index contributed by atoms with van der Waals surface area (Å²) >= 11 is 0.940. The molecule has 6 nitrogen and oxygen atoms in total. The highest BCUT2D eigenvalue weighted by Crippen LogP contribution is 2.23. The van der Waals surface area contributed by atoms with E-state index in [2.05, 4.69) is 5.32 Å². The molecule has 7 heteroatoms. The molecular formula is C11H13NO5S. The molecule has 0 aliphatic carbocycles. The molecule has 1 aromatic heterocycles. The summed E-state index contributed by atoms with van der Waals surface area (Å²) in [6.07, 6.45) is 1.32. The van der Waals surface area contributed by atoms with Gasteiger partial charge in [0.1, 0.15) is 4.75 Å². The molecule has 0 atom stereocenters. The number of furan rings is 1. The third kappa shape index (κ3) is 3.92. The highest BCUT2D eigenvalue weighted by Gasteiger charge is 2.28. The number of hydrogen-bond donors (Lipinski definition) is 2. The third-order valence-electron chi connectivity index (χ3n) is 2.08. The van der Waals surface area contributed by atoms with Crippen LogP contribution in [0.25, 0.3) is 0 Å². The van der Waals surface area contributed by atoms with Gasteiger partial charge in [-0.3, -0.25) is 19.7 Å². The van der Waals surface area contributed by atoms with Crippen molar-refractivity contribution in [2.45, 2.75) is 18.6 Å². The normalized spacial score (nSPS) is 11.0. The van der Waals surface area contributed by atoms with Crippen molar-refractivity contribution in [2.24, 2.45) is 0 Å². The molecule has 0 aromatic carbocycles. The van der Waals surface area contributed by atoms with Crippen LogP contribution in [0.5, 0.6) is 0 Å². The van der Waals surface area contributed by atoms with E-state index in [1.807, 2.05) is 0 Å². The SMILES string of the molecule is CC(C)(SCC(=O)NC(=O)c1ccco1)C(=O)O. The Labute approximate surface area is 108 Å². The van der Waals surface area contributed by atoms with Gasteiger partial charge >= 0.3 is 5.97 Å². The molecule has 1 rings (SSSR count). The van der Waals surface area contributed by atoms with E-state index in [1.54, 1.807) is 0 Å². The van der Waals surface area contributed by atoms with E-state index in [9.17, 15) is 14.4 Å². The Morgan fingerprint density at radius 1 is 1.44 bits per heavy atom. The van der Waals surface area contributed by atoms with Crippen LogP contribution in [0.15, 0.2) is 22.8 Å². The van der Waals surface area contributed by atoms with Gasteiger partial charge in [-0.15, -0.1) is 11.8 Å². The first-order valence-corrected chi connectivity index (χ1v) is 6.06. The number of rotatable bonds is 5. The zero-order valence-electron chi connectivity index (χ0n) is 9.93. The highest BCUT2D eigenvalue weighted by atomic mass is 32.2. The third-order valence-corrected chi connectivity index (χ3v) is 3.38. The zero-order chi connectivity index (χ0) is 13.8. The van der Waals surface area contributed by atoms with E-state index in [-0.39, 0.29) is 11.5 Å². The van der Waals surface area contributed by atoms with Gasteiger partial charge in [-0.1, -0.05) is 0 Å². The molecule has 0 spiro atoms. The summed E-state index contributed by atoms with van der Waals surface area (Å²) in [6.45, 7) is 2.98. The fraction of sp³-hybridized carbons (Fsp3) is 0.364. The number of carbonyl (C=O) groups excluding carboxylic acids is 2. The van der Waals surface area contributed by atoms with Gasteiger partial charge in [0, 0.05) is 0 Å². The van der Waals surface area contributed by atoms with Crippen molar-refractivity contribution in [2.75, 3.05) is 5.75 Å². The lowest BCUT2D eigenvalue weighted by atomic mass is 10.2. The van der Waals surface area contributed by atoms with Crippen LogP contribution in [-0.4, -0.2) is 33.4 Å². The molecule has 2 amide bonds. The summed E-state index contributed by atoms with van der Waals surface area (Å²) in [6, 6.07) is 2.96. The van der Waals surface area contributed by atoms with E-state index < -0.39 is 22.5 Å². The Bertz CT molecular complexity index is 452. The van der Waals surface area contributed by atoms with Crippen LogP contribution >= 0.6 is 11.8 Å². The van der Waals surface area contributed by atoms with Gasteiger partial charge in [-0.05, 0) is 26.0 Å². The van der Waals surface area contributed by atoms with Crippen molar-refractivity contribution in [3.8, 4) is 0 Å². The van der Waals surface area contributed by atoms with E-state index in [0.29, 0.717) is 0 Å². The van der Waals surface area contributed by atoms with E-state index in [0.717, 1.165) is 11.8 Å². The Morgan fingerprint density at radius 3 is 2.61 bits per heavy atom. The number of carbonyl (C=O) groups is 3. The number of aliphatic carboxylic acids is 1. The van der Waals surface area contributed by atoms with Gasteiger partial charge in [0.2, 0.25) is 5.91 Å². The second-order valence-electron chi connectivity index (χ2n) is 3.96. The van der Waals surface area contributed by atoms with Gasteiger partial charge in [0.15, 0.2) is 5.76 Å². The maximum Gasteiger partial charge on any atom is 0.319 e. The molecule has 1 heterocycles. The predicted octanol–water partition coefficient (Wildman–Crippen LogP) is 1.13. The van der Waals surface area contributed by atoms with Crippen molar-refractivity contribution >= 4 is 29.5 Å². The minimum atomic E-state index is -1.08. The molecule has 0 aliphatic rings. The predicted molar refractivity (Wildman–Crippen MR) is 65.4 cm³/mol. The number of amides is 2. The minimum absolute atomic E-state index is 0.0332.